The number of thioether (sulfide) groups is 2. The van der Waals surface area contributed by atoms with E-state index in [1.165, 1.54) is 22.7 Å². The third kappa shape index (κ3) is 10.6. The smallest absolute Gasteiger partial charge is 0.387 e. The van der Waals surface area contributed by atoms with Crippen LogP contribution in [0.4, 0.5) is 19.0 Å². The van der Waals surface area contributed by atoms with Gasteiger partial charge in [0, 0.05) is 18.1 Å². The zero-order valence-electron chi connectivity index (χ0n) is 22.0. The van der Waals surface area contributed by atoms with Crippen LogP contribution < -0.4 is 5.32 Å². The molecule has 2 aromatic heterocycles. The van der Waals surface area contributed by atoms with Crippen molar-refractivity contribution in [3.8, 4) is 0 Å². The molecule has 0 saturated carbocycles. The first-order valence-corrected chi connectivity index (χ1v) is 19.8. The highest BCUT2D eigenvalue weighted by atomic mass is 35.5. The third-order valence-corrected chi connectivity index (χ3v) is 13.7. The summed E-state index contributed by atoms with van der Waals surface area (Å²) >= 11 is 12.0. The summed E-state index contributed by atoms with van der Waals surface area (Å²) < 4.78 is 97.6. The van der Waals surface area contributed by atoms with Gasteiger partial charge in [0.2, 0.25) is 0 Å². The van der Waals surface area contributed by atoms with Crippen LogP contribution in [0.3, 0.4) is 0 Å². The van der Waals surface area contributed by atoms with Gasteiger partial charge in [0.25, 0.3) is 0 Å². The second kappa shape index (κ2) is 15.8. The first kappa shape index (κ1) is 38.2. The zero-order chi connectivity index (χ0) is 32.9. The topological polar surface area (TPSA) is 234 Å². The molecule has 0 aromatic carbocycles. The maximum Gasteiger partial charge on any atom is 0.479 e. The fraction of sp³-hybridized carbons (Fsp3) is 0.706. The van der Waals surface area contributed by atoms with E-state index in [1.807, 2.05) is 6.26 Å². The van der Waals surface area contributed by atoms with Crippen LogP contribution in [0.25, 0.3) is 11.2 Å². The molecule has 0 spiro atoms. The monoisotopic (exact) mass is 775 g/mol. The first-order valence-electron chi connectivity index (χ1n) is 11.8. The van der Waals surface area contributed by atoms with Crippen molar-refractivity contribution in [1.82, 2.24) is 19.5 Å². The molecule has 1 fully saturated rings. The Labute approximate surface area is 265 Å². The molecule has 1 aliphatic heterocycles. The molecule has 0 amide bonds. The number of nitrogens with zero attached hydrogens (tertiary/aromatic N) is 4. The molecule has 1 saturated heterocycles. The average Bonchev–Trinajstić information content (AvgIpc) is 3.46. The molecule has 0 radical (unpaired) electrons. The molecular weight excluding hydrogens is 751 g/mol. The van der Waals surface area contributed by atoms with Gasteiger partial charge in [-0.2, -0.15) is 33.1 Å². The molecule has 44 heavy (non-hydrogen) atoms. The number of aliphatic hydroxyl groups excluding tert-OH is 2. The van der Waals surface area contributed by atoms with E-state index in [1.54, 1.807) is 0 Å². The van der Waals surface area contributed by atoms with Gasteiger partial charge in [-0.25, -0.2) is 23.8 Å². The molecule has 0 aliphatic carbocycles. The number of hydrogen-bond acceptors (Lipinski definition) is 16. The normalized spacial score (nSPS) is 24.0. The molecule has 252 valence electrons. The number of ether oxygens (including phenoxy) is 1. The lowest BCUT2D eigenvalue weighted by Gasteiger charge is -2.20. The predicted molar refractivity (Wildman–Crippen MR) is 153 cm³/mol. The van der Waals surface area contributed by atoms with Crippen molar-refractivity contribution < 1.29 is 68.6 Å². The minimum atomic E-state index is -5.43. The van der Waals surface area contributed by atoms with E-state index in [0.717, 1.165) is 11.8 Å². The largest absolute Gasteiger partial charge is 0.479 e. The first-order chi connectivity index (χ1) is 20.4. The standard InChI is InChI=1S/C17H25Cl2F3N5O12P3S2/c1-43-5-3-23-13-10-14(26-16(25-13)44-4-2-17(20,21)22)27(7-24-10)15-12(29)11(28)9(36-15)6-35-42(33,34)39-40(30,31)8-41(32,37-18)38-19/h7,9,11-12,15,28-29H,2-6,8H2,1H3,(H,30,31)(H,33,34)(H,23,25,26)/t9-,11-,12-,15-/m1/s1. The van der Waals surface area contributed by atoms with Crippen LogP contribution in [0.15, 0.2) is 11.5 Å². The van der Waals surface area contributed by atoms with Gasteiger partial charge < -0.3 is 30.1 Å². The second-order valence-corrected chi connectivity index (χ2v) is 17.4. The SMILES string of the molecule is CSCCNc1nc(SCCC(F)(F)F)nc2c1ncn2[C@@H]1O[C@H](COP(=O)(O)OP(=O)(O)CP(=O)(OCl)OCl)[C@@H](O)[C@H]1O. The van der Waals surface area contributed by atoms with E-state index in [4.69, 9.17) is 28.5 Å². The number of fused-ring (bicyclic) bond motifs is 1. The van der Waals surface area contributed by atoms with E-state index in [2.05, 4.69) is 37.3 Å². The van der Waals surface area contributed by atoms with E-state index in [0.29, 0.717) is 12.3 Å². The minimum Gasteiger partial charge on any atom is -0.387 e. The van der Waals surface area contributed by atoms with Gasteiger partial charge in [0.15, 0.2) is 34.3 Å². The third-order valence-electron chi connectivity index (χ3n) is 5.42. The number of rotatable bonds is 17. The van der Waals surface area contributed by atoms with Gasteiger partial charge in [-0.3, -0.25) is 18.2 Å². The maximum atomic E-state index is 12.7. The van der Waals surface area contributed by atoms with Crippen molar-refractivity contribution in [2.75, 3.05) is 42.1 Å². The quantitative estimate of drug-likeness (QED) is 0.0659. The highest BCUT2D eigenvalue weighted by molar-refractivity contribution is 7.99. The van der Waals surface area contributed by atoms with Crippen LogP contribution >= 0.6 is 70.3 Å². The lowest BCUT2D eigenvalue weighted by molar-refractivity contribution is -0.129. The maximum absolute atomic E-state index is 12.7. The summed E-state index contributed by atoms with van der Waals surface area (Å²) in [7, 11) is -15.3. The van der Waals surface area contributed by atoms with Crippen LogP contribution in [0.1, 0.15) is 12.6 Å². The molecule has 6 atom stereocenters. The summed E-state index contributed by atoms with van der Waals surface area (Å²) in [6.45, 7) is -0.563. The van der Waals surface area contributed by atoms with Crippen LogP contribution in [-0.2, 0) is 35.4 Å². The number of anilines is 1. The van der Waals surface area contributed by atoms with Gasteiger partial charge in [0.1, 0.15) is 18.3 Å². The van der Waals surface area contributed by atoms with E-state index in [9.17, 15) is 46.9 Å². The molecule has 1 aliphatic rings. The number of aromatic nitrogens is 4. The lowest BCUT2D eigenvalue weighted by atomic mass is 10.1. The summed E-state index contributed by atoms with van der Waals surface area (Å²) in [6.07, 6.45) is -8.94. The zero-order valence-corrected chi connectivity index (χ0v) is 27.8. The fourth-order valence-corrected chi connectivity index (χ4v) is 10.3. The Hall–Kier alpha value is -0.250. The Morgan fingerprint density at radius 2 is 1.82 bits per heavy atom. The Balaban J connectivity index is 1.78. The Bertz CT molecular complexity index is 1430. The van der Waals surface area contributed by atoms with Gasteiger partial charge >= 0.3 is 29.2 Å². The van der Waals surface area contributed by atoms with Crippen LogP contribution in [0, 0.1) is 0 Å². The van der Waals surface area contributed by atoms with Crippen molar-refractivity contribution in [3.63, 3.8) is 0 Å². The molecule has 3 rings (SSSR count). The van der Waals surface area contributed by atoms with Gasteiger partial charge in [-0.15, -0.1) is 0 Å². The van der Waals surface area contributed by atoms with Crippen molar-refractivity contribution in [2.45, 2.75) is 42.3 Å². The average molecular weight is 776 g/mol. The number of hydrogen-bond donors (Lipinski definition) is 5. The van der Waals surface area contributed by atoms with Crippen molar-refractivity contribution in [3.05, 3.63) is 6.33 Å². The summed E-state index contributed by atoms with van der Waals surface area (Å²) in [5.41, 5.74) is 0.186. The molecule has 5 N–H and O–H groups in total. The summed E-state index contributed by atoms with van der Waals surface area (Å²) in [5.74, 6) is -1.07. The molecule has 17 nitrogen and oxygen atoms in total. The molecule has 3 heterocycles. The van der Waals surface area contributed by atoms with Crippen LogP contribution in [0.5, 0.6) is 0 Å². The molecule has 27 heteroatoms. The molecular formula is C17H25Cl2F3N5O12P3S2. The van der Waals surface area contributed by atoms with Crippen LogP contribution in [0.2, 0.25) is 0 Å². The van der Waals surface area contributed by atoms with E-state index in [-0.39, 0.29) is 27.9 Å². The van der Waals surface area contributed by atoms with Gasteiger partial charge in [-0.1, -0.05) is 11.8 Å². The van der Waals surface area contributed by atoms with Crippen LogP contribution in [-0.4, -0.2) is 101 Å². The number of phosphoric ester groups is 1. The number of nitrogens with one attached hydrogen (secondary N) is 1. The highest BCUT2D eigenvalue weighted by Crippen LogP contribution is 2.68. The van der Waals surface area contributed by atoms with E-state index >= 15 is 0 Å². The molecule has 2 aromatic rings. The second-order valence-electron chi connectivity index (χ2n) is 8.73. The fourth-order valence-electron chi connectivity index (χ4n) is 3.55. The predicted octanol–water partition coefficient (Wildman–Crippen LogP) is 4.08. The summed E-state index contributed by atoms with van der Waals surface area (Å²) in [4.78, 5) is 32.4. The van der Waals surface area contributed by atoms with Crippen molar-refractivity contribution in [2.24, 2.45) is 0 Å². The molecule has 2 unspecified atom stereocenters. The number of halogens is 5. The summed E-state index contributed by atoms with van der Waals surface area (Å²) in [6, 6.07) is 0. The number of phosphoric acid groups is 1. The minimum absolute atomic E-state index is 0.0174. The lowest BCUT2D eigenvalue weighted by Crippen LogP contribution is -2.33. The number of imidazole rings is 1. The summed E-state index contributed by atoms with van der Waals surface area (Å²) in [5, 5.41) is 24.2. The van der Waals surface area contributed by atoms with Crippen molar-refractivity contribution in [1.29, 1.82) is 0 Å². The number of aliphatic hydroxyl groups is 2. The number of alkyl halides is 3. The van der Waals surface area contributed by atoms with Gasteiger partial charge in [-0.05, 0) is 6.26 Å². The Morgan fingerprint density at radius 3 is 2.43 bits per heavy atom. The Kier molecular flexibility index (Phi) is 13.7. The molecule has 0 bridgehead atoms. The van der Waals surface area contributed by atoms with E-state index < -0.39 is 72.7 Å². The Morgan fingerprint density at radius 1 is 1.14 bits per heavy atom. The van der Waals surface area contributed by atoms with Gasteiger partial charge in [0.05, 0.1) is 43.1 Å². The van der Waals surface area contributed by atoms with Crippen molar-refractivity contribution >= 4 is 87.3 Å². The highest BCUT2D eigenvalue weighted by Gasteiger charge is 2.47.